The van der Waals surface area contributed by atoms with Gasteiger partial charge in [0.2, 0.25) is 5.82 Å². The Kier molecular flexibility index (Phi) is 5.35. The molecule has 2 aromatic carbocycles. The van der Waals surface area contributed by atoms with Crippen molar-refractivity contribution in [3.05, 3.63) is 69.5 Å². The Morgan fingerprint density at radius 2 is 1.58 bits per heavy atom. The first-order valence-electron chi connectivity index (χ1n) is 6.80. The molecular weight excluding hydrogens is 327 g/mol. The molecule has 0 aliphatic carbocycles. The van der Waals surface area contributed by atoms with E-state index in [1.165, 1.54) is 12.1 Å². The zero-order valence-corrected chi connectivity index (χ0v) is 12.2. The quantitative estimate of drug-likeness (QED) is 0.481. The van der Waals surface area contributed by atoms with Crippen molar-refractivity contribution < 1.29 is 22.9 Å². The van der Waals surface area contributed by atoms with Gasteiger partial charge in [-0.05, 0) is 24.3 Å². The average molecular weight is 339 g/mol. The van der Waals surface area contributed by atoms with Crippen LogP contribution < -0.4 is 10.6 Å². The monoisotopic (exact) mass is 339 g/mol. The van der Waals surface area contributed by atoms with Crippen LogP contribution in [0.5, 0.6) is 0 Å². The molecular formula is C15H12F3N3O3. The van der Waals surface area contributed by atoms with Crippen molar-refractivity contribution >= 4 is 17.3 Å². The van der Waals surface area contributed by atoms with Gasteiger partial charge >= 0.3 is 5.69 Å². The predicted octanol–water partition coefficient (Wildman–Crippen LogP) is 2.85. The van der Waals surface area contributed by atoms with Gasteiger partial charge in [0.05, 0.1) is 4.92 Å². The fourth-order valence-electron chi connectivity index (χ4n) is 2.02. The van der Waals surface area contributed by atoms with Crippen LogP contribution in [-0.2, 0) is 0 Å². The minimum absolute atomic E-state index is 0.00783. The summed E-state index contributed by atoms with van der Waals surface area (Å²) in [4.78, 5) is 21.7. The number of carbonyl (C=O) groups is 1. The van der Waals surface area contributed by atoms with E-state index in [4.69, 9.17) is 0 Å². The Bertz CT molecular complexity index is 764. The van der Waals surface area contributed by atoms with Crippen LogP contribution in [0.25, 0.3) is 0 Å². The molecule has 2 rings (SSSR count). The van der Waals surface area contributed by atoms with Crippen LogP contribution in [0, 0.1) is 27.6 Å². The third-order valence-corrected chi connectivity index (χ3v) is 3.09. The molecule has 0 radical (unpaired) electrons. The molecule has 0 unspecified atom stereocenters. The second-order valence-corrected chi connectivity index (χ2v) is 4.67. The van der Waals surface area contributed by atoms with E-state index in [9.17, 15) is 28.1 Å². The Labute approximate surface area is 134 Å². The van der Waals surface area contributed by atoms with E-state index in [1.54, 1.807) is 0 Å². The number of halogens is 3. The highest BCUT2D eigenvalue weighted by Gasteiger charge is 2.20. The number of benzene rings is 2. The first-order valence-corrected chi connectivity index (χ1v) is 6.80. The molecule has 0 aliphatic heterocycles. The zero-order valence-electron chi connectivity index (χ0n) is 12.2. The van der Waals surface area contributed by atoms with Crippen molar-refractivity contribution in [2.45, 2.75) is 0 Å². The molecule has 126 valence electrons. The molecule has 0 aliphatic rings. The summed E-state index contributed by atoms with van der Waals surface area (Å²) in [7, 11) is 0. The Balaban J connectivity index is 1.96. The minimum Gasteiger partial charge on any atom is -0.378 e. The maximum atomic E-state index is 13.4. The number of para-hydroxylation sites is 1. The smallest absolute Gasteiger partial charge is 0.327 e. The van der Waals surface area contributed by atoms with Crippen LogP contribution in [0.15, 0.2) is 36.4 Å². The highest BCUT2D eigenvalue weighted by atomic mass is 19.1. The molecule has 0 fully saturated rings. The topological polar surface area (TPSA) is 84.3 Å². The summed E-state index contributed by atoms with van der Waals surface area (Å²) in [5.41, 5.74) is -1.50. The molecule has 2 N–H and O–H groups in total. The molecule has 0 saturated carbocycles. The molecule has 0 heterocycles. The molecule has 0 aromatic heterocycles. The van der Waals surface area contributed by atoms with Gasteiger partial charge in [0.15, 0.2) is 0 Å². The normalized spacial score (nSPS) is 10.3. The average Bonchev–Trinajstić information content (AvgIpc) is 2.51. The highest BCUT2D eigenvalue weighted by Crippen LogP contribution is 2.26. The molecule has 24 heavy (non-hydrogen) atoms. The number of nitro groups is 1. The largest absolute Gasteiger partial charge is 0.378 e. The predicted molar refractivity (Wildman–Crippen MR) is 80.2 cm³/mol. The van der Waals surface area contributed by atoms with E-state index in [2.05, 4.69) is 10.6 Å². The van der Waals surface area contributed by atoms with E-state index in [1.807, 2.05) is 0 Å². The number of hydrogen-bond donors (Lipinski definition) is 2. The molecule has 0 atom stereocenters. The van der Waals surface area contributed by atoms with Crippen LogP contribution in [0.4, 0.5) is 24.5 Å². The third kappa shape index (κ3) is 3.80. The fourth-order valence-corrected chi connectivity index (χ4v) is 2.02. The van der Waals surface area contributed by atoms with Gasteiger partial charge in [-0.2, -0.15) is 4.39 Å². The van der Waals surface area contributed by atoms with Crippen LogP contribution >= 0.6 is 0 Å². The molecule has 0 saturated heterocycles. The number of rotatable bonds is 6. The molecule has 0 spiro atoms. The van der Waals surface area contributed by atoms with E-state index in [-0.39, 0.29) is 18.8 Å². The van der Waals surface area contributed by atoms with Gasteiger partial charge in [-0.25, -0.2) is 8.78 Å². The van der Waals surface area contributed by atoms with E-state index >= 15 is 0 Å². The number of anilines is 1. The molecule has 1 amide bonds. The summed E-state index contributed by atoms with van der Waals surface area (Å²) in [6.45, 7) is -0.0909. The van der Waals surface area contributed by atoms with E-state index < -0.39 is 39.5 Å². The number of hydrogen-bond acceptors (Lipinski definition) is 4. The van der Waals surface area contributed by atoms with Crippen molar-refractivity contribution in [1.82, 2.24) is 5.32 Å². The SMILES string of the molecule is O=C(NCCNc1cccc(F)c1[N+](=O)[O-])c1c(F)cccc1F. The highest BCUT2D eigenvalue weighted by molar-refractivity contribution is 5.94. The standard InChI is InChI=1S/C15H12F3N3O3/c16-9-3-1-4-10(17)13(9)15(22)20-8-7-19-12-6-2-5-11(18)14(12)21(23)24/h1-6,19H,7-8H2,(H,20,22). The summed E-state index contributed by atoms with van der Waals surface area (Å²) < 4.78 is 40.3. The second kappa shape index (κ2) is 7.44. The summed E-state index contributed by atoms with van der Waals surface area (Å²) >= 11 is 0. The third-order valence-electron chi connectivity index (χ3n) is 3.09. The number of carbonyl (C=O) groups excluding carboxylic acids is 1. The Morgan fingerprint density at radius 3 is 2.21 bits per heavy atom. The number of nitrogens with one attached hydrogen (secondary N) is 2. The second-order valence-electron chi connectivity index (χ2n) is 4.67. The van der Waals surface area contributed by atoms with Crippen molar-refractivity contribution in [3.8, 4) is 0 Å². The first kappa shape index (κ1) is 17.3. The fraction of sp³-hybridized carbons (Fsp3) is 0.133. The molecule has 2 aromatic rings. The lowest BCUT2D eigenvalue weighted by atomic mass is 10.2. The lowest BCUT2D eigenvalue weighted by Crippen LogP contribution is -2.30. The van der Waals surface area contributed by atoms with Crippen molar-refractivity contribution in [2.24, 2.45) is 0 Å². The maximum absolute atomic E-state index is 13.4. The minimum atomic E-state index is -0.999. The van der Waals surface area contributed by atoms with Crippen molar-refractivity contribution in [2.75, 3.05) is 18.4 Å². The summed E-state index contributed by atoms with van der Waals surface area (Å²) in [5.74, 6) is -3.95. The van der Waals surface area contributed by atoms with Crippen LogP contribution in [0.2, 0.25) is 0 Å². The summed E-state index contributed by atoms with van der Waals surface area (Å²) in [5, 5.41) is 15.7. The zero-order chi connectivity index (χ0) is 17.7. The lowest BCUT2D eigenvalue weighted by Gasteiger charge is -2.09. The first-order chi connectivity index (χ1) is 11.4. The summed E-state index contributed by atoms with van der Waals surface area (Å²) in [6.07, 6.45) is 0. The molecule has 0 bridgehead atoms. The number of nitrogens with zero attached hydrogens (tertiary/aromatic N) is 1. The van der Waals surface area contributed by atoms with Crippen molar-refractivity contribution in [1.29, 1.82) is 0 Å². The lowest BCUT2D eigenvalue weighted by molar-refractivity contribution is -0.386. The van der Waals surface area contributed by atoms with Gasteiger partial charge in [-0.1, -0.05) is 12.1 Å². The van der Waals surface area contributed by atoms with Gasteiger partial charge in [0, 0.05) is 13.1 Å². The maximum Gasteiger partial charge on any atom is 0.327 e. The molecule has 9 heteroatoms. The van der Waals surface area contributed by atoms with Gasteiger partial charge in [0.25, 0.3) is 5.91 Å². The Hall–Kier alpha value is -3.10. The van der Waals surface area contributed by atoms with Gasteiger partial charge in [0.1, 0.15) is 22.9 Å². The van der Waals surface area contributed by atoms with Gasteiger partial charge in [-0.15, -0.1) is 0 Å². The van der Waals surface area contributed by atoms with E-state index in [0.29, 0.717) is 0 Å². The van der Waals surface area contributed by atoms with Gasteiger partial charge in [-0.3, -0.25) is 14.9 Å². The number of nitro benzene ring substituents is 1. The van der Waals surface area contributed by atoms with Crippen LogP contribution in [0.1, 0.15) is 10.4 Å². The van der Waals surface area contributed by atoms with Gasteiger partial charge < -0.3 is 10.6 Å². The Morgan fingerprint density at radius 1 is 1.00 bits per heavy atom. The summed E-state index contributed by atoms with van der Waals surface area (Å²) in [6, 6.07) is 6.58. The molecule has 6 nitrogen and oxygen atoms in total. The van der Waals surface area contributed by atoms with Crippen molar-refractivity contribution in [3.63, 3.8) is 0 Å². The van der Waals surface area contributed by atoms with Crippen LogP contribution in [-0.4, -0.2) is 23.9 Å². The number of amides is 1. The van der Waals surface area contributed by atoms with Crippen LogP contribution in [0.3, 0.4) is 0 Å². The van der Waals surface area contributed by atoms with E-state index in [0.717, 1.165) is 24.3 Å².